The number of aryl methyl sites for hydroxylation is 1. The van der Waals surface area contributed by atoms with E-state index in [0.717, 1.165) is 37.4 Å². The van der Waals surface area contributed by atoms with Crippen molar-refractivity contribution in [1.82, 2.24) is 9.97 Å². The van der Waals surface area contributed by atoms with Gasteiger partial charge >= 0.3 is 0 Å². The van der Waals surface area contributed by atoms with Gasteiger partial charge in [-0.2, -0.15) is 0 Å². The minimum absolute atomic E-state index is 0.126. The average Bonchev–Trinajstić information content (AvgIpc) is 3.19. The van der Waals surface area contributed by atoms with Crippen LogP contribution >= 0.6 is 0 Å². The van der Waals surface area contributed by atoms with Crippen LogP contribution in [0.15, 0.2) is 41.7 Å². The standard InChI is InChI=1S/C21H26N6O2/c22-21-26-17(14-29-21)9-6-15-4-7-16(8-5-15)25-20(28)18-12-24-19(13-23-18)27-10-2-1-3-11-27/h4-5,7-8,12-13,17H,1-3,6,9-11,14H2,(H2,22,26)(H,25,28). The van der Waals surface area contributed by atoms with Crippen LogP contribution in [0.4, 0.5) is 11.5 Å². The number of anilines is 2. The number of hydrogen-bond acceptors (Lipinski definition) is 7. The number of nitrogens with one attached hydrogen (secondary N) is 1. The molecule has 0 bridgehead atoms. The molecular weight excluding hydrogens is 368 g/mol. The summed E-state index contributed by atoms with van der Waals surface area (Å²) in [6, 6.07) is 8.20. The number of carbonyl (C=O) groups excluding carboxylic acids is 1. The Morgan fingerprint density at radius 3 is 2.59 bits per heavy atom. The average molecular weight is 394 g/mol. The zero-order chi connectivity index (χ0) is 20.1. The van der Waals surface area contributed by atoms with Crippen molar-refractivity contribution in [1.29, 1.82) is 0 Å². The highest BCUT2D eigenvalue weighted by molar-refractivity contribution is 6.02. The summed E-state index contributed by atoms with van der Waals surface area (Å²) < 4.78 is 5.17. The molecule has 3 heterocycles. The lowest BCUT2D eigenvalue weighted by molar-refractivity contribution is 0.102. The molecule has 3 N–H and O–H groups in total. The molecule has 4 rings (SSSR count). The van der Waals surface area contributed by atoms with E-state index in [9.17, 15) is 4.79 Å². The summed E-state index contributed by atoms with van der Waals surface area (Å²) in [5.41, 5.74) is 7.75. The van der Waals surface area contributed by atoms with Gasteiger partial charge in [0.05, 0.1) is 18.4 Å². The fraction of sp³-hybridized carbons (Fsp3) is 0.429. The van der Waals surface area contributed by atoms with Gasteiger partial charge in [-0.05, 0) is 49.8 Å². The second-order valence-corrected chi connectivity index (χ2v) is 7.43. The fourth-order valence-electron chi connectivity index (χ4n) is 3.59. The Bertz CT molecular complexity index is 860. The zero-order valence-corrected chi connectivity index (χ0v) is 16.4. The zero-order valence-electron chi connectivity index (χ0n) is 16.4. The fourth-order valence-corrected chi connectivity index (χ4v) is 3.59. The molecule has 0 saturated carbocycles. The topological polar surface area (TPSA) is 106 Å². The van der Waals surface area contributed by atoms with Crippen LogP contribution in [0.5, 0.6) is 0 Å². The van der Waals surface area contributed by atoms with Gasteiger partial charge in [0, 0.05) is 18.8 Å². The van der Waals surface area contributed by atoms with Gasteiger partial charge in [-0.15, -0.1) is 0 Å². The maximum Gasteiger partial charge on any atom is 0.282 e. The number of ether oxygens (including phenoxy) is 1. The van der Waals surface area contributed by atoms with Crippen LogP contribution in [0.3, 0.4) is 0 Å². The Morgan fingerprint density at radius 2 is 1.93 bits per heavy atom. The van der Waals surface area contributed by atoms with E-state index >= 15 is 0 Å². The minimum Gasteiger partial charge on any atom is -0.463 e. The Hall–Kier alpha value is -3.16. The number of carbonyl (C=O) groups is 1. The Balaban J connectivity index is 1.29. The van der Waals surface area contributed by atoms with Crippen molar-refractivity contribution < 1.29 is 9.53 Å². The summed E-state index contributed by atoms with van der Waals surface area (Å²) in [4.78, 5) is 27.6. The third-order valence-corrected chi connectivity index (χ3v) is 5.26. The first kappa shape index (κ1) is 19.2. The van der Waals surface area contributed by atoms with Crippen LogP contribution in [0.1, 0.15) is 41.7 Å². The van der Waals surface area contributed by atoms with E-state index in [1.165, 1.54) is 24.8 Å². The Kier molecular flexibility index (Phi) is 5.88. The molecule has 1 fully saturated rings. The van der Waals surface area contributed by atoms with E-state index in [2.05, 4.69) is 25.2 Å². The van der Waals surface area contributed by atoms with Gasteiger partial charge < -0.3 is 20.7 Å². The molecule has 0 aliphatic carbocycles. The number of amidine groups is 1. The molecule has 1 atom stereocenters. The SMILES string of the molecule is NC1=NC(CCc2ccc(NC(=O)c3cnc(N4CCCCC4)cn3)cc2)CO1. The van der Waals surface area contributed by atoms with E-state index < -0.39 is 0 Å². The van der Waals surface area contributed by atoms with Gasteiger partial charge in [-0.3, -0.25) is 4.79 Å². The number of benzene rings is 1. The molecule has 1 aromatic carbocycles. The van der Waals surface area contributed by atoms with E-state index in [4.69, 9.17) is 10.5 Å². The number of aromatic nitrogens is 2. The third kappa shape index (κ3) is 5.01. The monoisotopic (exact) mass is 394 g/mol. The molecule has 0 spiro atoms. The predicted molar refractivity (Wildman–Crippen MR) is 112 cm³/mol. The van der Waals surface area contributed by atoms with Crippen molar-refractivity contribution >= 4 is 23.4 Å². The highest BCUT2D eigenvalue weighted by Gasteiger charge is 2.17. The minimum atomic E-state index is -0.261. The van der Waals surface area contributed by atoms with Gasteiger partial charge in [-0.25, -0.2) is 15.0 Å². The molecule has 0 radical (unpaired) electrons. The second kappa shape index (κ2) is 8.89. The van der Waals surface area contributed by atoms with Crippen molar-refractivity contribution in [3.8, 4) is 0 Å². The van der Waals surface area contributed by atoms with Crippen molar-refractivity contribution in [3.63, 3.8) is 0 Å². The van der Waals surface area contributed by atoms with E-state index in [0.29, 0.717) is 12.3 Å². The lowest BCUT2D eigenvalue weighted by Crippen LogP contribution is -2.30. The normalized spacial score (nSPS) is 18.8. The highest BCUT2D eigenvalue weighted by atomic mass is 16.5. The van der Waals surface area contributed by atoms with Crippen molar-refractivity contribution in [2.75, 3.05) is 29.9 Å². The van der Waals surface area contributed by atoms with Crippen molar-refractivity contribution in [3.05, 3.63) is 47.9 Å². The van der Waals surface area contributed by atoms with E-state index in [1.54, 1.807) is 12.4 Å². The Labute approximate surface area is 170 Å². The molecule has 2 aromatic rings. The molecule has 8 nitrogen and oxygen atoms in total. The summed E-state index contributed by atoms with van der Waals surface area (Å²) in [5, 5.41) is 2.87. The second-order valence-electron chi connectivity index (χ2n) is 7.43. The largest absolute Gasteiger partial charge is 0.463 e. The molecule has 1 saturated heterocycles. The lowest BCUT2D eigenvalue weighted by atomic mass is 10.1. The molecule has 8 heteroatoms. The molecule has 1 unspecified atom stereocenters. The van der Waals surface area contributed by atoms with Crippen LogP contribution in [0.25, 0.3) is 0 Å². The maximum absolute atomic E-state index is 12.4. The molecule has 1 aromatic heterocycles. The number of nitrogens with two attached hydrogens (primary N) is 1. The maximum atomic E-state index is 12.4. The molecular formula is C21H26N6O2. The molecule has 29 heavy (non-hydrogen) atoms. The summed E-state index contributed by atoms with van der Waals surface area (Å²) in [6.45, 7) is 2.55. The van der Waals surface area contributed by atoms with Crippen LogP contribution < -0.4 is 16.0 Å². The molecule has 2 aliphatic rings. The number of hydrogen-bond donors (Lipinski definition) is 2. The van der Waals surface area contributed by atoms with Gasteiger partial charge in [-0.1, -0.05) is 12.1 Å². The number of nitrogens with zero attached hydrogens (tertiary/aromatic N) is 4. The summed E-state index contributed by atoms with van der Waals surface area (Å²) >= 11 is 0. The first-order chi connectivity index (χ1) is 14.2. The Morgan fingerprint density at radius 1 is 1.14 bits per heavy atom. The van der Waals surface area contributed by atoms with Gasteiger partial charge in [0.25, 0.3) is 11.9 Å². The van der Waals surface area contributed by atoms with Gasteiger partial charge in [0.1, 0.15) is 18.1 Å². The molecule has 152 valence electrons. The van der Waals surface area contributed by atoms with Gasteiger partial charge in [0.15, 0.2) is 0 Å². The summed E-state index contributed by atoms with van der Waals surface area (Å²) in [7, 11) is 0. The van der Waals surface area contributed by atoms with E-state index in [-0.39, 0.29) is 18.0 Å². The van der Waals surface area contributed by atoms with Crippen molar-refractivity contribution in [2.24, 2.45) is 10.7 Å². The first-order valence-electron chi connectivity index (χ1n) is 10.1. The summed E-state index contributed by atoms with van der Waals surface area (Å²) in [6.07, 6.45) is 8.61. The quantitative estimate of drug-likeness (QED) is 0.779. The first-order valence-corrected chi connectivity index (χ1v) is 10.1. The lowest BCUT2D eigenvalue weighted by Gasteiger charge is -2.27. The van der Waals surface area contributed by atoms with Crippen LogP contribution in [0, 0.1) is 0 Å². The van der Waals surface area contributed by atoms with Crippen molar-refractivity contribution in [2.45, 2.75) is 38.1 Å². The van der Waals surface area contributed by atoms with Crippen LogP contribution in [-0.4, -0.2) is 47.6 Å². The number of amides is 1. The predicted octanol–water partition coefficient (Wildman–Crippen LogP) is 2.37. The third-order valence-electron chi connectivity index (χ3n) is 5.26. The van der Waals surface area contributed by atoms with Crippen LogP contribution in [-0.2, 0) is 11.2 Å². The number of aliphatic imine (C=N–C) groups is 1. The molecule has 1 amide bonds. The van der Waals surface area contributed by atoms with E-state index in [1.807, 2.05) is 24.3 Å². The van der Waals surface area contributed by atoms with Crippen LogP contribution in [0.2, 0.25) is 0 Å². The summed E-state index contributed by atoms with van der Waals surface area (Å²) in [5.74, 6) is 0.577. The smallest absolute Gasteiger partial charge is 0.282 e. The van der Waals surface area contributed by atoms with Gasteiger partial charge in [0.2, 0.25) is 0 Å². The number of rotatable bonds is 6. The molecule has 2 aliphatic heterocycles. The number of piperidine rings is 1. The highest BCUT2D eigenvalue weighted by Crippen LogP contribution is 2.17.